The number of amides is 2. The first-order chi connectivity index (χ1) is 15.5. The van der Waals surface area contributed by atoms with E-state index in [4.69, 9.17) is 14.2 Å². The summed E-state index contributed by atoms with van der Waals surface area (Å²) in [6.45, 7) is 3.02. The molecule has 1 aromatic carbocycles. The van der Waals surface area contributed by atoms with Crippen molar-refractivity contribution in [2.45, 2.75) is 32.6 Å². The zero-order valence-electron chi connectivity index (χ0n) is 19.1. The normalized spacial score (nSPS) is 15.8. The van der Waals surface area contributed by atoms with Crippen molar-refractivity contribution in [3.05, 3.63) is 41.6 Å². The highest BCUT2D eigenvalue weighted by molar-refractivity contribution is 5.92. The van der Waals surface area contributed by atoms with Gasteiger partial charge in [-0.05, 0) is 49.4 Å². The van der Waals surface area contributed by atoms with Gasteiger partial charge in [0.25, 0.3) is 0 Å². The molecule has 2 amide bonds. The molecule has 1 atom stereocenters. The Morgan fingerprint density at radius 3 is 2.53 bits per heavy atom. The van der Waals surface area contributed by atoms with Gasteiger partial charge in [0.1, 0.15) is 5.82 Å². The number of carbonyl (C=O) groups is 2. The fourth-order valence-electron chi connectivity index (χ4n) is 3.95. The summed E-state index contributed by atoms with van der Waals surface area (Å²) in [7, 11) is 4.69. The van der Waals surface area contributed by atoms with E-state index in [1.165, 1.54) is 0 Å². The summed E-state index contributed by atoms with van der Waals surface area (Å²) in [4.78, 5) is 31.6. The first kappa shape index (κ1) is 23.4. The summed E-state index contributed by atoms with van der Waals surface area (Å²) < 4.78 is 16.2. The van der Waals surface area contributed by atoms with Gasteiger partial charge in [0.2, 0.25) is 17.6 Å². The van der Waals surface area contributed by atoms with Gasteiger partial charge in [-0.15, -0.1) is 0 Å². The van der Waals surface area contributed by atoms with Gasteiger partial charge in [0.05, 0.1) is 27.2 Å². The lowest BCUT2D eigenvalue weighted by molar-refractivity contribution is -0.134. The molecule has 0 spiro atoms. The maximum absolute atomic E-state index is 12.9. The number of pyridine rings is 1. The third-order valence-electron chi connectivity index (χ3n) is 5.70. The largest absolute Gasteiger partial charge is 0.493 e. The van der Waals surface area contributed by atoms with Gasteiger partial charge >= 0.3 is 0 Å². The van der Waals surface area contributed by atoms with E-state index < -0.39 is 0 Å². The van der Waals surface area contributed by atoms with Crippen LogP contribution in [0.25, 0.3) is 0 Å². The number of nitrogens with one attached hydrogen (secondary N) is 1. The standard InChI is InChI=1S/C24H31N3O5/c1-16-7-11-20(25-14-16)26-24(29)18-6-5-13-27(15-18)21(28)12-9-17-8-10-19(30-2)23(32-4)22(17)31-3/h7-8,10-11,14,18H,5-6,9,12-13,15H2,1-4H3,(H,25,26,29). The number of ether oxygens (including phenoxy) is 3. The molecule has 8 nitrogen and oxygen atoms in total. The fourth-order valence-corrected chi connectivity index (χ4v) is 3.95. The molecule has 0 saturated carbocycles. The van der Waals surface area contributed by atoms with Crippen molar-refractivity contribution in [2.75, 3.05) is 39.7 Å². The molecule has 3 rings (SSSR count). The molecule has 32 heavy (non-hydrogen) atoms. The summed E-state index contributed by atoms with van der Waals surface area (Å²) in [6, 6.07) is 7.38. The van der Waals surface area contributed by atoms with Gasteiger partial charge in [-0.2, -0.15) is 0 Å². The molecule has 2 aromatic rings. The molecular formula is C24H31N3O5. The number of hydrogen-bond donors (Lipinski definition) is 1. The monoisotopic (exact) mass is 441 g/mol. The van der Waals surface area contributed by atoms with Crippen molar-refractivity contribution < 1.29 is 23.8 Å². The van der Waals surface area contributed by atoms with E-state index in [1.54, 1.807) is 38.5 Å². The Balaban J connectivity index is 1.59. The van der Waals surface area contributed by atoms with Crippen LogP contribution in [0.3, 0.4) is 0 Å². The van der Waals surface area contributed by atoms with Gasteiger partial charge < -0.3 is 24.4 Å². The molecule has 1 aliphatic rings. The van der Waals surface area contributed by atoms with Gasteiger partial charge in [-0.3, -0.25) is 9.59 Å². The van der Waals surface area contributed by atoms with Crippen LogP contribution in [0.15, 0.2) is 30.5 Å². The number of aryl methyl sites for hydroxylation is 2. The van der Waals surface area contributed by atoms with Gasteiger partial charge in [0.15, 0.2) is 11.5 Å². The van der Waals surface area contributed by atoms with Crippen molar-refractivity contribution in [3.63, 3.8) is 0 Å². The molecule has 0 bridgehead atoms. The second kappa shape index (κ2) is 10.8. The Hall–Kier alpha value is -3.29. The zero-order chi connectivity index (χ0) is 23.1. The van der Waals surface area contributed by atoms with Crippen molar-refractivity contribution in [1.29, 1.82) is 0 Å². The Kier molecular flexibility index (Phi) is 7.92. The molecule has 1 aliphatic heterocycles. The molecule has 1 fully saturated rings. The number of hydrogen-bond acceptors (Lipinski definition) is 6. The molecule has 1 aromatic heterocycles. The number of aromatic nitrogens is 1. The molecule has 1 unspecified atom stereocenters. The number of benzene rings is 1. The zero-order valence-corrected chi connectivity index (χ0v) is 19.1. The van der Waals surface area contributed by atoms with Crippen LogP contribution >= 0.6 is 0 Å². The molecule has 0 aliphatic carbocycles. The van der Waals surface area contributed by atoms with Crippen LogP contribution in [0, 0.1) is 12.8 Å². The maximum Gasteiger partial charge on any atom is 0.230 e. The maximum atomic E-state index is 12.9. The number of anilines is 1. The van der Waals surface area contributed by atoms with Crippen LogP contribution in [0.5, 0.6) is 17.2 Å². The molecule has 1 saturated heterocycles. The van der Waals surface area contributed by atoms with E-state index in [-0.39, 0.29) is 17.7 Å². The average Bonchev–Trinajstić information content (AvgIpc) is 2.83. The van der Waals surface area contributed by atoms with Crippen LogP contribution in [0.2, 0.25) is 0 Å². The van der Waals surface area contributed by atoms with Crippen molar-refractivity contribution in [2.24, 2.45) is 5.92 Å². The van der Waals surface area contributed by atoms with E-state index in [0.29, 0.717) is 49.0 Å². The number of rotatable bonds is 8. The van der Waals surface area contributed by atoms with Crippen LogP contribution in [0.4, 0.5) is 5.82 Å². The summed E-state index contributed by atoms with van der Waals surface area (Å²) in [5.74, 6) is 1.87. The van der Waals surface area contributed by atoms with Gasteiger partial charge in [0, 0.05) is 25.7 Å². The Labute approximate surface area is 188 Å². The highest BCUT2D eigenvalue weighted by atomic mass is 16.5. The summed E-state index contributed by atoms with van der Waals surface area (Å²) in [6.07, 6.45) is 4.09. The molecular weight excluding hydrogens is 410 g/mol. The summed E-state index contributed by atoms with van der Waals surface area (Å²) in [5, 5.41) is 2.86. The van der Waals surface area contributed by atoms with Crippen LogP contribution in [0.1, 0.15) is 30.4 Å². The third kappa shape index (κ3) is 5.49. The lowest BCUT2D eigenvalue weighted by Gasteiger charge is -2.32. The van der Waals surface area contributed by atoms with Crippen LogP contribution in [-0.4, -0.2) is 56.1 Å². The molecule has 1 N–H and O–H groups in total. The highest BCUT2D eigenvalue weighted by Gasteiger charge is 2.28. The number of nitrogens with zero attached hydrogens (tertiary/aromatic N) is 2. The van der Waals surface area contributed by atoms with E-state index >= 15 is 0 Å². The molecule has 2 heterocycles. The highest BCUT2D eigenvalue weighted by Crippen LogP contribution is 2.40. The smallest absolute Gasteiger partial charge is 0.230 e. The average molecular weight is 442 g/mol. The minimum absolute atomic E-state index is 0.0211. The Morgan fingerprint density at radius 1 is 1.09 bits per heavy atom. The molecule has 8 heteroatoms. The summed E-state index contributed by atoms with van der Waals surface area (Å²) in [5.41, 5.74) is 1.90. The Bertz CT molecular complexity index is 945. The first-order valence-corrected chi connectivity index (χ1v) is 10.8. The number of methoxy groups -OCH3 is 3. The van der Waals surface area contributed by atoms with E-state index in [9.17, 15) is 9.59 Å². The minimum Gasteiger partial charge on any atom is -0.493 e. The molecule has 0 radical (unpaired) electrons. The predicted octanol–water partition coefficient (Wildman–Crippen LogP) is 3.23. The topological polar surface area (TPSA) is 90.0 Å². The number of carbonyl (C=O) groups excluding carboxylic acids is 2. The second-order valence-corrected chi connectivity index (χ2v) is 7.88. The lowest BCUT2D eigenvalue weighted by Crippen LogP contribution is -2.43. The van der Waals surface area contributed by atoms with E-state index in [1.807, 2.05) is 25.1 Å². The summed E-state index contributed by atoms with van der Waals surface area (Å²) >= 11 is 0. The first-order valence-electron chi connectivity index (χ1n) is 10.8. The van der Waals surface area contributed by atoms with E-state index in [2.05, 4.69) is 10.3 Å². The van der Waals surface area contributed by atoms with Crippen molar-refractivity contribution >= 4 is 17.6 Å². The van der Waals surface area contributed by atoms with E-state index in [0.717, 1.165) is 24.0 Å². The number of piperidine rings is 1. The lowest BCUT2D eigenvalue weighted by atomic mass is 9.96. The predicted molar refractivity (Wildman–Crippen MR) is 121 cm³/mol. The van der Waals surface area contributed by atoms with Crippen LogP contribution in [-0.2, 0) is 16.0 Å². The van der Waals surface area contributed by atoms with Gasteiger partial charge in [-0.25, -0.2) is 4.98 Å². The quantitative estimate of drug-likeness (QED) is 0.677. The SMILES string of the molecule is COc1ccc(CCC(=O)N2CCCC(C(=O)Nc3ccc(C)cn3)C2)c(OC)c1OC. The second-order valence-electron chi connectivity index (χ2n) is 7.88. The van der Waals surface area contributed by atoms with Crippen molar-refractivity contribution in [3.8, 4) is 17.2 Å². The number of likely N-dealkylation sites (tertiary alicyclic amines) is 1. The van der Waals surface area contributed by atoms with Gasteiger partial charge in [-0.1, -0.05) is 12.1 Å². The minimum atomic E-state index is -0.244. The Morgan fingerprint density at radius 2 is 1.88 bits per heavy atom. The van der Waals surface area contributed by atoms with Crippen molar-refractivity contribution in [1.82, 2.24) is 9.88 Å². The third-order valence-corrected chi connectivity index (χ3v) is 5.70. The van der Waals surface area contributed by atoms with Crippen LogP contribution < -0.4 is 19.5 Å². The molecule has 172 valence electrons. The fraction of sp³-hybridized carbons (Fsp3) is 0.458.